The Morgan fingerprint density at radius 3 is 2.72 bits per heavy atom. The molecule has 2 aromatic heterocycles. The van der Waals surface area contributed by atoms with Crippen molar-refractivity contribution in [2.45, 2.75) is 30.7 Å². The van der Waals surface area contributed by atoms with Crippen molar-refractivity contribution in [3.05, 3.63) is 66.1 Å². The van der Waals surface area contributed by atoms with Crippen molar-refractivity contribution in [2.75, 3.05) is 19.6 Å². The van der Waals surface area contributed by atoms with Crippen LogP contribution in [-0.2, 0) is 16.6 Å². The standard InChI is InChI=1S/C23H27N5O3S/c29-22(18-3-6-21-25-11-12-28(21)16-18)26-14-17-1-4-20(5-2-17)32(30,31)27-15-19-13-23(19)7-9-24-10-8-23/h1-6,11-12,16,19,24,27H,7-10,13-15H2,(H,26,29). The molecule has 0 bridgehead atoms. The third-order valence-corrected chi connectivity index (χ3v) is 8.26. The molecule has 8 nitrogen and oxygen atoms in total. The van der Waals surface area contributed by atoms with Crippen molar-refractivity contribution in [2.24, 2.45) is 11.3 Å². The Balaban J connectivity index is 1.15. The van der Waals surface area contributed by atoms with Gasteiger partial charge in [-0.25, -0.2) is 18.1 Å². The van der Waals surface area contributed by atoms with Gasteiger partial charge in [0.2, 0.25) is 10.0 Å². The molecule has 9 heteroatoms. The number of sulfonamides is 1. The Morgan fingerprint density at radius 1 is 1.16 bits per heavy atom. The van der Waals surface area contributed by atoms with Crippen molar-refractivity contribution >= 4 is 21.6 Å². The van der Waals surface area contributed by atoms with Gasteiger partial charge in [0.05, 0.1) is 10.5 Å². The third-order valence-electron chi connectivity index (χ3n) is 6.82. The van der Waals surface area contributed by atoms with E-state index in [4.69, 9.17) is 0 Å². The van der Waals surface area contributed by atoms with Gasteiger partial charge in [0.25, 0.3) is 5.91 Å². The van der Waals surface area contributed by atoms with Crippen molar-refractivity contribution in [3.63, 3.8) is 0 Å². The highest BCUT2D eigenvalue weighted by atomic mass is 32.2. The van der Waals surface area contributed by atoms with Crippen LogP contribution in [0.3, 0.4) is 0 Å². The molecular formula is C23H27N5O3S. The second-order valence-electron chi connectivity index (χ2n) is 8.80. The van der Waals surface area contributed by atoms with Gasteiger partial charge in [0.1, 0.15) is 5.65 Å². The van der Waals surface area contributed by atoms with Crippen LogP contribution in [0, 0.1) is 11.3 Å². The Kier molecular flexibility index (Phi) is 5.48. The molecule has 1 saturated heterocycles. The topological polar surface area (TPSA) is 105 Å². The number of aromatic nitrogens is 2. The zero-order valence-corrected chi connectivity index (χ0v) is 18.6. The highest BCUT2D eigenvalue weighted by Gasteiger charge is 2.53. The van der Waals surface area contributed by atoms with E-state index >= 15 is 0 Å². The average Bonchev–Trinajstić information content (AvgIpc) is 3.25. The summed E-state index contributed by atoms with van der Waals surface area (Å²) in [5.41, 5.74) is 2.49. The molecule has 32 heavy (non-hydrogen) atoms. The van der Waals surface area contributed by atoms with E-state index < -0.39 is 10.0 Å². The molecule has 1 aliphatic carbocycles. The first-order valence-electron chi connectivity index (χ1n) is 11.0. The molecule has 2 fully saturated rings. The lowest BCUT2D eigenvalue weighted by Crippen LogP contribution is -2.32. The number of nitrogens with one attached hydrogen (secondary N) is 3. The number of fused-ring (bicyclic) bond motifs is 1. The Bertz CT molecular complexity index is 1230. The molecule has 2 aliphatic rings. The number of piperidine rings is 1. The van der Waals surface area contributed by atoms with E-state index in [1.165, 1.54) is 0 Å². The van der Waals surface area contributed by atoms with Gasteiger partial charge in [-0.05, 0) is 73.5 Å². The fraction of sp³-hybridized carbons (Fsp3) is 0.391. The fourth-order valence-corrected chi connectivity index (χ4v) is 5.76. The number of amides is 1. The highest BCUT2D eigenvalue weighted by molar-refractivity contribution is 7.89. The zero-order valence-electron chi connectivity index (χ0n) is 17.8. The number of hydrogen-bond donors (Lipinski definition) is 3. The second-order valence-corrected chi connectivity index (χ2v) is 10.6. The van der Waals surface area contributed by atoms with Crippen LogP contribution in [0.4, 0.5) is 0 Å². The SMILES string of the molecule is O=C(NCc1ccc(S(=O)(=O)NCC2CC23CCNCC3)cc1)c1ccc2nccn2c1. The van der Waals surface area contributed by atoms with Gasteiger partial charge < -0.3 is 15.0 Å². The molecule has 168 valence electrons. The molecule has 0 radical (unpaired) electrons. The van der Waals surface area contributed by atoms with Crippen LogP contribution in [0.25, 0.3) is 5.65 Å². The Hall–Kier alpha value is -2.75. The van der Waals surface area contributed by atoms with E-state index in [1.54, 1.807) is 59.4 Å². The molecule has 3 N–H and O–H groups in total. The van der Waals surface area contributed by atoms with Gasteiger partial charge in [-0.1, -0.05) is 12.1 Å². The maximum absolute atomic E-state index is 12.7. The molecule has 1 atom stereocenters. The Labute approximate surface area is 187 Å². The van der Waals surface area contributed by atoms with Crippen LogP contribution in [0.5, 0.6) is 0 Å². The predicted molar refractivity (Wildman–Crippen MR) is 121 cm³/mol. The zero-order chi connectivity index (χ0) is 22.2. The molecule has 3 heterocycles. The third kappa shape index (κ3) is 4.28. The lowest BCUT2D eigenvalue weighted by atomic mass is 9.92. The van der Waals surface area contributed by atoms with E-state index in [0.29, 0.717) is 30.0 Å². The molecule has 1 aliphatic heterocycles. The summed E-state index contributed by atoms with van der Waals surface area (Å²) in [6, 6.07) is 10.2. The molecule has 1 spiro atoms. The number of carbonyl (C=O) groups excluding carboxylic acids is 1. The van der Waals surface area contributed by atoms with Crippen LogP contribution in [0.1, 0.15) is 35.2 Å². The van der Waals surface area contributed by atoms with E-state index in [9.17, 15) is 13.2 Å². The summed E-state index contributed by atoms with van der Waals surface area (Å²) in [6.07, 6.45) is 8.58. The Morgan fingerprint density at radius 2 is 1.94 bits per heavy atom. The van der Waals surface area contributed by atoms with Gasteiger partial charge in [0.15, 0.2) is 0 Å². The van der Waals surface area contributed by atoms with Gasteiger partial charge in [-0.15, -0.1) is 0 Å². The van der Waals surface area contributed by atoms with Crippen LogP contribution >= 0.6 is 0 Å². The summed E-state index contributed by atoms with van der Waals surface area (Å²) in [4.78, 5) is 16.8. The monoisotopic (exact) mass is 453 g/mol. The first-order chi connectivity index (χ1) is 15.5. The molecule has 1 saturated carbocycles. The van der Waals surface area contributed by atoms with E-state index in [2.05, 4.69) is 20.3 Å². The van der Waals surface area contributed by atoms with Crippen molar-refractivity contribution in [3.8, 4) is 0 Å². The van der Waals surface area contributed by atoms with Gasteiger partial charge in [0, 0.05) is 31.7 Å². The van der Waals surface area contributed by atoms with Crippen LogP contribution in [0.2, 0.25) is 0 Å². The maximum atomic E-state index is 12.7. The van der Waals surface area contributed by atoms with E-state index in [-0.39, 0.29) is 10.8 Å². The molecule has 3 aromatic rings. The number of rotatable bonds is 7. The minimum Gasteiger partial charge on any atom is -0.348 e. The maximum Gasteiger partial charge on any atom is 0.253 e. The summed E-state index contributed by atoms with van der Waals surface area (Å²) in [5.74, 6) is 0.241. The minimum absolute atomic E-state index is 0.199. The number of carbonyl (C=O) groups is 1. The quantitative estimate of drug-likeness (QED) is 0.507. The normalized spacial score (nSPS) is 19.8. The summed E-state index contributed by atoms with van der Waals surface area (Å²) in [7, 11) is -3.54. The summed E-state index contributed by atoms with van der Waals surface area (Å²) < 4.78 is 29.9. The highest BCUT2D eigenvalue weighted by Crippen LogP contribution is 2.58. The van der Waals surface area contributed by atoms with E-state index in [0.717, 1.165) is 43.6 Å². The van der Waals surface area contributed by atoms with Crippen LogP contribution < -0.4 is 15.4 Å². The summed E-state index contributed by atoms with van der Waals surface area (Å²) in [5, 5.41) is 6.24. The predicted octanol–water partition coefficient (Wildman–Crippen LogP) is 1.93. The van der Waals surface area contributed by atoms with Crippen molar-refractivity contribution < 1.29 is 13.2 Å². The van der Waals surface area contributed by atoms with Crippen LogP contribution in [0.15, 0.2) is 59.9 Å². The lowest BCUT2D eigenvalue weighted by Gasteiger charge is -2.23. The number of imidazole rings is 1. The van der Waals surface area contributed by atoms with Crippen molar-refractivity contribution in [1.29, 1.82) is 0 Å². The molecule has 1 aromatic carbocycles. The second kappa shape index (κ2) is 8.31. The molecule has 1 amide bonds. The largest absolute Gasteiger partial charge is 0.348 e. The molecule has 5 rings (SSSR count). The smallest absolute Gasteiger partial charge is 0.253 e. The summed E-state index contributed by atoms with van der Waals surface area (Å²) in [6.45, 7) is 2.87. The van der Waals surface area contributed by atoms with Crippen LogP contribution in [-0.4, -0.2) is 43.3 Å². The first kappa shape index (κ1) is 21.1. The van der Waals surface area contributed by atoms with Crippen molar-refractivity contribution in [1.82, 2.24) is 24.7 Å². The fourth-order valence-electron chi connectivity index (χ4n) is 4.68. The number of nitrogens with zero attached hydrogens (tertiary/aromatic N) is 2. The summed E-state index contributed by atoms with van der Waals surface area (Å²) >= 11 is 0. The first-order valence-corrected chi connectivity index (χ1v) is 12.4. The minimum atomic E-state index is -3.54. The average molecular weight is 454 g/mol. The number of hydrogen-bond acceptors (Lipinski definition) is 5. The number of pyridine rings is 1. The van der Waals surface area contributed by atoms with E-state index in [1.807, 2.05) is 0 Å². The number of benzene rings is 1. The molecule has 1 unspecified atom stereocenters. The van der Waals surface area contributed by atoms with Gasteiger partial charge in [-0.3, -0.25) is 4.79 Å². The van der Waals surface area contributed by atoms with Gasteiger partial charge in [-0.2, -0.15) is 0 Å². The lowest BCUT2D eigenvalue weighted by molar-refractivity contribution is 0.0950. The van der Waals surface area contributed by atoms with Gasteiger partial charge >= 0.3 is 0 Å². The molecular weight excluding hydrogens is 426 g/mol.